The molecule has 1 aliphatic carbocycles. The summed E-state index contributed by atoms with van der Waals surface area (Å²) < 4.78 is 11.0. The standard InChI is InChI=1S/C29H30N2O3/c1-18(19-9-5-4-6-10-19)30-29(32)24-14-8-13-23-21-11-7-12-22(21)27(31-28(23)24)20-15-16-25(33-2)26(17-20)34-3/h4-11,13-18,21-22,27,31H,12H2,1-3H3,(H,30,32). The van der Waals surface area contributed by atoms with Crippen molar-refractivity contribution in [1.29, 1.82) is 0 Å². The second-order valence-electron chi connectivity index (χ2n) is 8.97. The van der Waals surface area contributed by atoms with E-state index >= 15 is 0 Å². The summed E-state index contributed by atoms with van der Waals surface area (Å²) in [6.07, 6.45) is 5.52. The first-order chi connectivity index (χ1) is 16.6. The van der Waals surface area contributed by atoms with Gasteiger partial charge in [0.05, 0.1) is 37.6 Å². The van der Waals surface area contributed by atoms with Crippen LogP contribution in [0.15, 0.2) is 78.9 Å². The van der Waals surface area contributed by atoms with E-state index < -0.39 is 0 Å². The van der Waals surface area contributed by atoms with Crippen molar-refractivity contribution >= 4 is 11.6 Å². The van der Waals surface area contributed by atoms with Gasteiger partial charge in [-0.05, 0) is 54.2 Å². The summed E-state index contributed by atoms with van der Waals surface area (Å²) in [6.45, 7) is 2.01. The molecule has 0 fully saturated rings. The zero-order valence-corrected chi connectivity index (χ0v) is 19.7. The lowest BCUT2D eigenvalue weighted by molar-refractivity contribution is 0.0940. The summed E-state index contributed by atoms with van der Waals surface area (Å²) in [5.74, 6) is 1.96. The van der Waals surface area contributed by atoms with Gasteiger partial charge in [-0.1, -0.05) is 60.7 Å². The van der Waals surface area contributed by atoms with Gasteiger partial charge in [0.2, 0.25) is 0 Å². The minimum absolute atomic E-state index is 0.0489. The van der Waals surface area contributed by atoms with Crippen LogP contribution in [-0.4, -0.2) is 20.1 Å². The average Bonchev–Trinajstić information content (AvgIpc) is 3.38. The Morgan fingerprint density at radius 1 is 1.00 bits per heavy atom. The number of nitrogens with one attached hydrogen (secondary N) is 2. The molecule has 5 heteroatoms. The van der Waals surface area contributed by atoms with E-state index in [-0.39, 0.29) is 23.9 Å². The highest BCUT2D eigenvalue weighted by atomic mass is 16.5. The third-order valence-corrected chi connectivity index (χ3v) is 7.06. The third-order valence-electron chi connectivity index (χ3n) is 7.06. The van der Waals surface area contributed by atoms with E-state index in [2.05, 4.69) is 34.9 Å². The lowest BCUT2D eigenvalue weighted by Crippen LogP contribution is -2.33. The summed E-state index contributed by atoms with van der Waals surface area (Å²) >= 11 is 0. The quantitative estimate of drug-likeness (QED) is 0.447. The molecule has 2 aliphatic rings. The summed E-state index contributed by atoms with van der Waals surface area (Å²) in [5.41, 5.74) is 4.96. The Morgan fingerprint density at radius 2 is 1.79 bits per heavy atom. The molecule has 0 saturated carbocycles. The largest absolute Gasteiger partial charge is 0.493 e. The lowest BCUT2D eigenvalue weighted by Gasteiger charge is -2.38. The first-order valence-corrected chi connectivity index (χ1v) is 11.7. The van der Waals surface area contributed by atoms with Crippen LogP contribution < -0.4 is 20.1 Å². The second kappa shape index (κ2) is 9.26. The molecule has 4 atom stereocenters. The predicted molar refractivity (Wildman–Crippen MR) is 135 cm³/mol. The van der Waals surface area contributed by atoms with Gasteiger partial charge >= 0.3 is 0 Å². The number of benzene rings is 3. The highest BCUT2D eigenvalue weighted by Gasteiger charge is 2.39. The van der Waals surface area contributed by atoms with Crippen molar-refractivity contribution in [1.82, 2.24) is 5.32 Å². The smallest absolute Gasteiger partial charge is 0.253 e. The number of ether oxygens (including phenoxy) is 2. The zero-order valence-electron chi connectivity index (χ0n) is 19.7. The molecule has 1 amide bonds. The number of anilines is 1. The number of rotatable bonds is 6. The topological polar surface area (TPSA) is 59.6 Å². The molecule has 5 rings (SSSR count). The van der Waals surface area contributed by atoms with Crippen molar-refractivity contribution in [2.45, 2.75) is 31.3 Å². The number of amides is 1. The van der Waals surface area contributed by atoms with Crippen molar-refractivity contribution in [3.05, 3.63) is 101 Å². The molecule has 174 valence electrons. The van der Waals surface area contributed by atoms with Crippen LogP contribution in [0, 0.1) is 5.92 Å². The van der Waals surface area contributed by atoms with Gasteiger partial charge in [0.25, 0.3) is 5.91 Å². The molecular weight excluding hydrogens is 424 g/mol. The lowest BCUT2D eigenvalue weighted by atomic mass is 9.76. The molecule has 3 aromatic carbocycles. The summed E-state index contributed by atoms with van der Waals surface area (Å²) in [5, 5.41) is 6.92. The maximum Gasteiger partial charge on any atom is 0.253 e. The predicted octanol–water partition coefficient (Wildman–Crippen LogP) is 6.02. The fraction of sp³-hybridized carbons (Fsp3) is 0.276. The van der Waals surface area contributed by atoms with Crippen molar-refractivity contribution in [2.75, 3.05) is 19.5 Å². The minimum atomic E-state index is -0.0890. The first-order valence-electron chi connectivity index (χ1n) is 11.7. The maximum atomic E-state index is 13.4. The van der Waals surface area contributed by atoms with Crippen LogP contribution in [0.1, 0.15) is 58.4 Å². The Balaban J connectivity index is 1.49. The zero-order chi connectivity index (χ0) is 23.7. The second-order valence-corrected chi connectivity index (χ2v) is 8.97. The monoisotopic (exact) mass is 454 g/mol. The van der Waals surface area contributed by atoms with Crippen LogP contribution >= 0.6 is 0 Å². The van der Waals surface area contributed by atoms with Gasteiger partial charge in [-0.3, -0.25) is 4.79 Å². The Hall–Kier alpha value is -3.73. The van der Waals surface area contributed by atoms with Crippen LogP contribution in [0.5, 0.6) is 11.5 Å². The molecular formula is C29H30N2O3. The van der Waals surface area contributed by atoms with E-state index in [1.165, 1.54) is 5.56 Å². The van der Waals surface area contributed by atoms with Gasteiger partial charge in [-0.15, -0.1) is 0 Å². The van der Waals surface area contributed by atoms with E-state index in [4.69, 9.17) is 9.47 Å². The van der Waals surface area contributed by atoms with Crippen LogP contribution in [0.3, 0.4) is 0 Å². The molecule has 3 aromatic rings. The Kier molecular flexibility index (Phi) is 6.01. The molecule has 1 heterocycles. The van der Waals surface area contributed by atoms with Crippen molar-refractivity contribution in [2.24, 2.45) is 5.92 Å². The molecule has 0 radical (unpaired) electrons. The molecule has 0 aromatic heterocycles. The SMILES string of the molecule is COc1ccc(C2Nc3c(C(=O)NC(C)c4ccccc4)cccc3C3C=CCC32)cc1OC. The highest BCUT2D eigenvalue weighted by molar-refractivity contribution is 6.01. The van der Waals surface area contributed by atoms with Crippen molar-refractivity contribution < 1.29 is 14.3 Å². The summed E-state index contributed by atoms with van der Waals surface area (Å²) in [7, 11) is 3.30. The molecule has 34 heavy (non-hydrogen) atoms. The van der Waals surface area contributed by atoms with E-state index in [1.807, 2.05) is 61.5 Å². The highest BCUT2D eigenvalue weighted by Crippen LogP contribution is 2.51. The van der Waals surface area contributed by atoms with E-state index in [9.17, 15) is 4.79 Å². The van der Waals surface area contributed by atoms with E-state index in [0.717, 1.165) is 23.2 Å². The van der Waals surface area contributed by atoms with Gasteiger partial charge in [-0.25, -0.2) is 0 Å². The van der Waals surface area contributed by atoms with Crippen LogP contribution in [0.25, 0.3) is 0 Å². The molecule has 0 saturated heterocycles. The van der Waals surface area contributed by atoms with Gasteiger partial charge in [0, 0.05) is 5.92 Å². The number of para-hydroxylation sites is 1. The number of fused-ring (bicyclic) bond motifs is 3. The number of methoxy groups -OCH3 is 2. The van der Waals surface area contributed by atoms with Crippen LogP contribution in [0.4, 0.5) is 5.69 Å². The van der Waals surface area contributed by atoms with Gasteiger partial charge in [0.1, 0.15) is 0 Å². The van der Waals surface area contributed by atoms with E-state index in [0.29, 0.717) is 23.0 Å². The number of hydrogen-bond donors (Lipinski definition) is 2. The van der Waals surface area contributed by atoms with Gasteiger partial charge < -0.3 is 20.1 Å². The first kappa shape index (κ1) is 22.1. The number of allylic oxidation sites excluding steroid dienone is 2. The molecule has 5 nitrogen and oxygen atoms in total. The fourth-order valence-corrected chi connectivity index (χ4v) is 5.29. The fourth-order valence-electron chi connectivity index (χ4n) is 5.29. The molecule has 4 unspecified atom stereocenters. The molecule has 2 N–H and O–H groups in total. The van der Waals surface area contributed by atoms with Crippen molar-refractivity contribution in [3.63, 3.8) is 0 Å². The van der Waals surface area contributed by atoms with Gasteiger partial charge in [-0.2, -0.15) is 0 Å². The number of hydrogen-bond acceptors (Lipinski definition) is 4. The Labute approximate surface area is 200 Å². The molecule has 0 spiro atoms. The minimum Gasteiger partial charge on any atom is -0.493 e. The Morgan fingerprint density at radius 3 is 2.56 bits per heavy atom. The van der Waals surface area contributed by atoms with Gasteiger partial charge in [0.15, 0.2) is 11.5 Å². The molecule has 1 aliphatic heterocycles. The van der Waals surface area contributed by atoms with Crippen LogP contribution in [0.2, 0.25) is 0 Å². The van der Waals surface area contributed by atoms with E-state index in [1.54, 1.807) is 14.2 Å². The number of carbonyl (C=O) groups is 1. The number of carbonyl (C=O) groups excluding carboxylic acids is 1. The maximum absolute atomic E-state index is 13.4. The summed E-state index contributed by atoms with van der Waals surface area (Å²) in [6, 6.07) is 22.1. The summed E-state index contributed by atoms with van der Waals surface area (Å²) in [4.78, 5) is 13.4. The van der Waals surface area contributed by atoms with Crippen LogP contribution in [-0.2, 0) is 0 Å². The average molecular weight is 455 g/mol. The Bertz CT molecular complexity index is 1220. The normalized spacial score (nSPS) is 21.1. The molecule has 0 bridgehead atoms. The third kappa shape index (κ3) is 3.92. The van der Waals surface area contributed by atoms with Crippen molar-refractivity contribution in [3.8, 4) is 11.5 Å².